The SMILES string of the molecule is CCCN1c2cc(OC)c(/C=C(\C#N)C(=O)Nc3ccc(OC)cc3)cc2C(C)CC1(C)C. The molecule has 1 aliphatic heterocycles. The first-order valence-corrected chi connectivity index (χ1v) is 11.3. The van der Waals surface area contributed by atoms with Gasteiger partial charge in [0.05, 0.1) is 14.2 Å². The van der Waals surface area contributed by atoms with E-state index in [-0.39, 0.29) is 11.1 Å². The van der Waals surface area contributed by atoms with Crippen LogP contribution in [-0.4, -0.2) is 32.2 Å². The number of nitrogens with zero attached hydrogens (tertiary/aromatic N) is 2. The molecule has 1 unspecified atom stereocenters. The van der Waals surface area contributed by atoms with Crippen molar-refractivity contribution in [1.29, 1.82) is 5.26 Å². The molecule has 33 heavy (non-hydrogen) atoms. The summed E-state index contributed by atoms with van der Waals surface area (Å²) in [4.78, 5) is 15.2. The largest absolute Gasteiger partial charge is 0.497 e. The number of carbonyl (C=O) groups is 1. The van der Waals surface area contributed by atoms with Crippen molar-refractivity contribution in [3.63, 3.8) is 0 Å². The fourth-order valence-electron chi connectivity index (χ4n) is 4.64. The fourth-order valence-corrected chi connectivity index (χ4v) is 4.64. The average Bonchev–Trinajstić information content (AvgIpc) is 2.79. The van der Waals surface area contributed by atoms with Gasteiger partial charge in [-0.1, -0.05) is 13.8 Å². The molecular weight excluding hydrogens is 414 g/mol. The number of ether oxygens (including phenoxy) is 2. The second kappa shape index (κ2) is 9.99. The van der Waals surface area contributed by atoms with Crippen LogP contribution in [0, 0.1) is 11.3 Å². The molecule has 2 aromatic carbocycles. The van der Waals surface area contributed by atoms with Crippen LogP contribution >= 0.6 is 0 Å². The first-order valence-electron chi connectivity index (χ1n) is 11.3. The lowest BCUT2D eigenvalue weighted by Gasteiger charge is -2.47. The molecule has 0 saturated heterocycles. The van der Waals surface area contributed by atoms with Crippen molar-refractivity contribution in [1.82, 2.24) is 0 Å². The van der Waals surface area contributed by atoms with Crippen molar-refractivity contribution in [3.05, 3.63) is 53.1 Å². The summed E-state index contributed by atoms with van der Waals surface area (Å²) in [5.41, 5.74) is 3.74. The number of nitrogens with one attached hydrogen (secondary N) is 1. The van der Waals surface area contributed by atoms with Crippen molar-refractivity contribution in [3.8, 4) is 17.6 Å². The van der Waals surface area contributed by atoms with Gasteiger partial charge in [0, 0.05) is 35.1 Å². The molecule has 174 valence electrons. The van der Waals surface area contributed by atoms with Gasteiger partial charge in [-0.2, -0.15) is 5.26 Å². The quantitative estimate of drug-likeness (QED) is 0.432. The third-order valence-corrected chi connectivity index (χ3v) is 6.20. The molecule has 0 bridgehead atoms. The lowest BCUT2D eigenvalue weighted by Crippen LogP contribution is -2.48. The maximum atomic E-state index is 12.8. The highest BCUT2D eigenvalue weighted by atomic mass is 16.5. The van der Waals surface area contributed by atoms with E-state index in [1.807, 2.05) is 12.1 Å². The highest BCUT2D eigenvalue weighted by Gasteiger charge is 2.36. The first-order chi connectivity index (χ1) is 15.7. The Morgan fingerprint density at radius 1 is 1.24 bits per heavy atom. The molecule has 0 aromatic heterocycles. The topological polar surface area (TPSA) is 74.6 Å². The van der Waals surface area contributed by atoms with Crippen molar-refractivity contribution in [2.45, 2.75) is 52.0 Å². The molecule has 1 aliphatic rings. The molecule has 2 aromatic rings. The Morgan fingerprint density at radius 2 is 1.94 bits per heavy atom. The van der Waals surface area contributed by atoms with Crippen LogP contribution in [0.1, 0.15) is 57.6 Å². The highest BCUT2D eigenvalue weighted by Crippen LogP contribution is 2.46. The van der Waals surface area contributed by atoms with E-state index < -0.39 is 5.91 Å². The minimum Gasteiger partial charge on any atom is -0.497 e. The molecule has 1 amide bonds. The van der Waals surface area contributed by atoms with Crippen LogP contribution < -0.4 is 19.7 Å². The smallest absolute Gasteiger partial charge is 0.266 e. The van der Waals surface area contributed by atoms with E-state index in [2.05, 4.69) is 44.0 Å². The number of hydrogen-bond acceptors (Lipinski definition) is 5. The van der Waals surface area contributed by atoms with E-state index in [0.717, 1.165) is 30.6 Å². The molecule has 6 heteroatoms. The molecule has 0 radical (unpaired) electrons. The van der Waals surface area contributed by atoms with Crippen LogP contribution in [-0.2, 0) is 4.79 Å². The molecule has 0 aliphatic carbocycles. The van der Waals surface area contributed by atoms with Crippen molar-refractivity contribution in [2.24, 2.45) is 0 Å². The van der Waals surface area contributed by atoms with Gasteiger partial charge in [-0.25, -0.2) is 0 Å². The fraction of sp³-hybridized carbons (Fsp3) is 0.407. The standard InChI is InChI=1S/C27H33N3O3/c1-7-12-30-24-15-25(33-6)19(14-23(24)18(2)16-27(30,3)4)13-20(17-28)26(31)29-21-8-10-22(32-5)11-9-21/h8-11,13-15,18H,7,12,16H2,1-6H3,(H,29,31)/b20-13+. The summed E-state index contributed by atoms with van der Waals surface area (Å²) in [5.74, 6) is 1.21. The van der Waals surface area contributed by atoms with E-state index >= 15 is 0 Å². The maximum Gasteiger partial charge on any atom is 0.266 e. The number of carbonyl (C=O) groups excluding carboxylic acids is 1. The molecule has 6 nitrogen and oxygen atoms in total. The minimum absolute atomic E-state index is 0.0123. The highest BCUT2D eigenvalue weighted by molar-refractivity contribution is 6.10. The average molecular weight is 448 g/mol. The molecule has 0 spiro atoms. The molecule has 1 N–H and O–H groups in total. The summed E-state index contributed by atoms with van der Waals surface area (Å²) in [6.45, 7) is 9.92. The Hall–Kier alpha value is -3.46. The number of nitriles is 1. The Morgan fingerprint density at radius 3 is 2.52 bits per heavy atom. The third kappa shape index (κ3) is 5.14. The Balaban J connectivity index is 1.98. The summed E-state index contributed by atoms with van der Waals surface area (Å²) in [6, 6.07) is 13.1. The Bertz CT molecular complexity index is 1080. The summed E-state index contributed by atoms with van der Waals surface area (Å²) in [6.07, 6.45) is 3.68. The van der Waals surface area contributed by atoms with Crippen molar-refractivity contribution >= 4 is 23.4 Å². The molecule has 0 saturated carbocycles. The van der Waals surface area contributed by atoms with Crippen molar-refractivity contribution in [2.75, 3.05) is 31.0 Å². The van der Waals surface area contributed by atoms with Gasteiger partial charge in [0.15, 0.2) is 0 Å². The maximum absolute atomic E-state index is 12.8. The van der Waals surface area contributed by atoms with Crippen LogP contribution in [0.2, 0.25) is 0 Å². The third-order valence-electron chi connectivity index (χ3n) is 6.20. The second-order valence-corrected chi connectivity index (χ2v) is 9.07. The summed E-state index contributed by atoms with van der Waals surface area (Å²) in [5, 5.41) is 12.5. The van der Waals surface area contributed by atoms with Crippen LogP contribution in [0.3, 0.4) is 0 Å². The summed E-state index contributed by atoms with van der Waals surface area (Å²) in [7, 11) is 3.20. The van der Waals surface area contributed by atoms with Gasteiger partial charge < -0.3 is 19.7 Å². The van der Waals surface area contributed by atoms with Gasteiger partial charge in [-0.05, 0) is 74.6 Å². The molecule has 1 heterocycles. The van der Waals surface area contributed by atoms with Crippen molar-refractivity contribution < 1.29 is 14.3 Å². The zero-order valence-electron chi connectivity index (χ0n) is 20.4. The van der Waals surface area contributed by atoms with E-state index in [1.165, 1.54) is 5.56 Å². The van der Waals surface area contributed by atoms with Gasteiger partial charge in [-0.3, -0.25) is 4.79 Å². The van der Waals surface area contributed by atoms with Gasteiger partial charge in [0.25, 0.3) is 5.91 Å². The van der Waals surface area contributed by atoms with E-state index in [9.17, 15) is 10.1 Å². The number of benzene rings is 2. The Labute approximate surface area is 196 Å². The van der Waals surface area contributed by atoms with Crippen LogP contribution in [0.15, 0.2) is 42.0 Å². The molecule has 3 rings (SSSR count). The number of amides is 1. The van der Waals surface area contributed by atoms with Gasteiger partial charge in [0.2, 0.25) is 0 Å². The van der Waals surface area contributed by atoms with E-state index in [0.29, 0.717) is 23.1 Å². The van der Waals surface area contributed by atoms with E-state index in [4.69, 9.17) is 9.47 Å². The molecular formula is C27H33N3O3. The summed E-state index contributed by atoms with van der Waals surface area (Å²) >= 11 is 0. The lowest BCUT2D eigenvalue weighted by atomic mass is 9.79. The normalized spacial score (nSPS) is 17.1. The van der Waals surface area contributed by atoms with Crippen LogP contribution in [0.5, 0.6) is 11.5 Å². The van der Waals surface area contributed by atoms with Gasteiger partial charge >= 0.3 is 0 Å². The van der Waals surface area contributed by atoms with E-state index in [1.54, 1.807) is 44.6 Å². The first kappa shape index (κ1) is 24.2. The zero-order valence-corrected chi connectivity index (χ0v) is 20.4. The van der Waals surface area contributed by atoms with Crippen LogP contribution in [0.4, 0.5) is 11.4 Å². The van der Waals surface area contributed by atoms with Crippen LogP contribution in [0.25, 0.3) is 6.08 Å². The lowest BCUT2D eigenvalue weighted by molar-refractivity contribution is -0.112. The second-order valence-electron chi connectivity index (χ2n) is 9.07. The number of methoxy groups -OCH3 is 2. The molecule has 1 atom stereocenters. The number of rotatable bonds is 7. The predicted octanol–water partition coefficient (Wildman–Crippen LogP) is 5.75. The number of hydrogen-bond donors (Lipinski definition) is 1. The Kier molecular flexibility index (Phi) is 7.33. The number of anilines is 2. The molecule has 0 fully saturated rings. The van der Waals surface area contributed by atoms with Gasteiger partial charge in [-0.15, -0.1) is 0 Å². The predicted molar refractivity (Wildman–Crippen MR) is 133 cm³/mol. The zero-order chi connectivity index (χ0) is 24.2. The summed E-state index contributed by atoms with van der Waals surface area (Å²) < 4.78 is 10.8. The monoisotopic (exact) mass is 447 g/mol. The number of fused-ring (bicyclic) bond motifs is 1. The minimum atomic E-state index is -0.468. The van der Waals surface area contributed by atoms with Gasteiger partial charge in [0.1, 0.15) is 23.1 Å².